The van der Waals surface area contributed by atoms with E-state index in [1.54, 1.807) is 48.5 Å². The van der Waals surface area contributed by atoms with Crippen LogP contribution in [0.3, 0.4) is 0 Å². The molecule has 5 rings (SSSR count). The molecule has 0 saturated heterocycles. The Morgan fingerprint density at radius 1 is 0.950 bits per heavy atom. The minimum absolute atomic E-state index is 0.107. The van der Waals surface area contributed by atoms with E-state index in [4.69, 9.17) is 55.9 Å². The molecule has 0 saturated carbocycles. The molecule has 0 aliphatic carbocycles. The number of furan rings is 1. The summed E-state index contributed by atoms with van der Waals surface area (Å²) < 4.78 is 11.7. The number of carbonyl (C=O) groups excluding carboxylic acids is 1. The second kappa shape index (κ2) is 11.9. The Morgan fingerprint density at radius 3 is 2.48 bits per heavy atom. The molecule has 6 nitrogen and oxygen atoms in total. The number of hydrogen-bond acceptors (Lipinski definition) is 5. The van der Waals surface area contributed by atoms with Crippen molar-refractivity contribution in [1.29, 1.82) is 0 Å². The Balaban J connectivity index is 1.24. The van der Waals surface area contributed by atoms with Gasteiger partial charge < -0.3 is 14.2 Å². The zero-order valence-electron chi connectivity index (χ0n) is 21.3. The predicted molar refractivity (Wildman–Crippen MR) is 166 cm³/mol. The fourth-order valence-corrected chi connectivity index (χ4v) is 4.90. The quantitative estimate of drug-likeness (QED) is 0.147. The third kappa shape index (κ3) is 6.57. The van der Waals surface area contributed by atoms with Crippen LogP contribution in [0.5, 0.6) is 0 Å². The van der Waals surface area contributed by atoms with Crippen LogP contribution in [0.25, 0.3) is 40.0 Å². The van der Waals surface area contributed by atoms with E-state index in [-0.39, 0.29) is 5.11 Å². The van der Waals surface area contributed by atoms with E-state index in [2.05, 4.69) is 29.5 Å². The number of anilines is 1. The Hall–Kier alpha value is -3.62. The maximum atomic E-state index is 12.5. The summed E-state index contributed by atoms with van der Waals surface area (Å²) in [5, 5.41) is 7.17. The van der Waals surface area contributed by atoms with E-state index in [1.165, 1.54) is 17.7 Å². The third-order valence-corrected chi connectivity index (χ3v) is 6.91. The van der Waals surface area contributed by atoms with Crippen molar-refractivity contribution >= 4 is 80.9 Å². The summed E-state index contributed by atoms with van der Waals surface area (Å²) >= 11 is 23.9. The lowest BCUT2D eigenvalue weighted by Gasteiger charge is -2.09. The smallest absolute Gasteiger partial charge is 0.250 e. The Bertz CT molecular complexity index is 1750. The number of hydrogen-bond donors (Lipinski definition) is 2. The Morgan fingerprint density at radius 2 is 1.73 bits per heavy atom. The number of nitrogens with zero attached hydrogens (tertiary/aromatic N) is 1. The van der Waals surface area contributed by atoms with E-state index < -0.39 is 5.91 Å². The molecular formula is C30H22Cl3N3O3S. The largest absolute Gasteiger partial charge is 0.457 e. The number of halogens is 3. The van der Waals surface area contributed by atoms with Crippen molar-refractivity contribution in [2.45, 2.75) is 19.8 Å². The summed E-state index contributed by atoms with van der Waals surface area (Å²) in [7, 11) is 0. The highest BCUT2D eigenvalue weighted by Crippen LogP contribution is 2.33. The number of nitrogens with one attached hydrogen (secondary N) is 2. The maximum absolute atomic E-state index is 12.5. The highest BCUT2D eigenvalue weighted by molar-refractivity contribution is 7.80. The first-order chi connectivity index (χ1) is 19.1. The van der Waals surface area contributed by atoms with Gasteiger partial charge in [-0.1, -0.05) is 54.7 Å². The van der Waals surface area contributed by atoms with Gasteiger partial charge in [0.05, 0.1) is 10.6 Å². The number of amides is 1. The summed E-state index contributed by atoms with van der Waals surface area (Å²) in [4.78, 5) is 17.1. The lowest BCUT2D eigenvalue weighted by atomic mass is 10.0. The monoisotopic (exact) mass is 609 g/mol. The number of rotatable bonds is 6. The van der Waals surface area contributed by atoms with Crippen LogP contribution in [0.1, 0.15) is 31.1 Å². The first-order valence-corrected chi connectivity index (χ1v) is 13.8. The van der Waals surface area contributed by atoms with Crippen LogP contribution in [0.2, 0.25) is 15.1 Å². The SMILES string of the molecule is CC(C)c1ccc2oc(-c3cc(NC(=S)NC(=O)/C=C/c4ccc(-c5cc(Cl)cc(Cl)c5)o4)ccc3Cl)nc2c1. The molecule has 0 fully saturated rings. The van der Waals surface area contributed by atoms with Gasteiger partial charge in [0.1, 0.15) is 17.0 Å². The molecule has 0 unspecified atom stereocenters. The molecule has 0 aliphatic rings. The number of carbonyl (C=O) groups is 1. The maximum Gasteiger partial charge on any atom is 0.250 e. The molecule has 0 radical (unpaired) electrons. The van der Waals surface area contributed by atoms with Gasteiger partial charge in [-0.25, -0.2) is 4.98 Å². The number of aromatic nitrogens is 1. The van der Waals surface area contributed by atoms with Crippen molar-refractivity contribution in [2.24, 2.45) is 0 Å². The number of benzene rings is 3. The first-order valence-electron chi connectivity index (χ1n) is 12.2. The minimum atomic E-state index is -0.435. The van der Waals surface area contributed by atoms with Crippen LogP contribution in [0, 0.1) is 0 Å². The van der Waals surface area contributed by atoms with Gasteiger partial charge >= 0.3 is 0 Å². The zero-order valence-corrected chi connectivity index (χ0v) is 24.4. The van der Waals surface area contributed by atoms with Gasteiger partial charge in [-0.2, -0.15) is 0 Å². The van der Waals surface area contributed by atoms with Crippen LogP contribution >= 0.6 is 47.0 Å². The minimum Gasteiger partial charge on any atom is -0.457 e. The Kier molecular flexibility index (Phi) is 8.28. The van der Waals surface area contributed by atoms with E-state index >= 15 is 0 Å². The average molecular weight is 611 g/mol. The molecule has 40 heavy (non-hydrogen) atoms. The van der Waals surface area contributed by atoms with Crippen molar-refractivity contribution in [3.63, 3.8) is 0 Å². The molecule has 2 N–H and O–H groups in total. The van der Waals surface area contributed by atoms with Gasteiger partial charge in [-0.15, -0.1) is 0 Å². The van der Waals surface area contributed by atoms with Crippen molar-refractivity contribution in [2.75, 3.05) is 5.32 Å². The van der Waals surface area contributed by atoms with Crippen LogP contribution in [0.4, 0.5) is 5.69 Å². The first kappa shape index (κ1) is 27.9. The summed E-state index contributed by atoms with van der Waals surface area (Å²) in [6, 6.07) is 19.8. The van der Waals surface area contributed by atoms with Crippen molar-refractivity contribution < 1.29 is 13.6 Å². The second-order valence-corrected chi connectivity index (χ2v) is 10.9. The van der Waals surface area contributed by atoms with Crippen molar-refractivity contribution in [3.8, 4) is 22.8 Å². The molecule has 3 aromatic carbocycles. The van der Waals surface area contributed by atoms with Crippen molar-refractivity contribution in [3.05, 3.63) is 99.2 Å². The van der Waals surface area contributed by atoms with Crippen molar-refractivity contribution in [1.82, 2.24) is 10.3 Å². The van der Waals surface area contributed by atoms with Gasteiger partial charge in [-0.3, -0.25) is 10.1 Å². The van der Waals surface area contributed by atoms with E-state index in [9.17, 15) is 4.79 Å². The topological polar surface area (TPSA) is 80.3 Å². The molecule has 5 aromatic rings. The molecular weight excluding hydrogens is 589 g/mol. The highest BCUT2D eigenvalue weighted by atomic mass is 35.5. The van der Waals surface area contributed by atoms with E-state index in [0.29, 0.717) is 55.2 Å². The molecule has 0 aliphatic heterocycles. The summed E-state index contributed by atoms with van der Waals surface area (Å²) in [5.74, 6) is 1.37. The molecule has 2 aromatic heterocycles. The molecule has 2 heterocycles. The average Bonchev–Trinajstić information content (AvgIpc) is 3.55. The molecule has 0 spiro atoms. The fourth-order valence-electron chi connectivity index (χ4n) is 3.95. The number of thiocarbonyl (C=S) groups is 1. The molecule has 0 bridgehead atoms. The van der Waals surface area contributed by atoms with Crippen LogP contribution in [0.15, 0.2) is 81.6 Å². The van der Waals surface area contributed by atoms with E-state index in [1.807, 2.05) is 18.2 Å². The van der Waals surface area contributed by atoms with Crippen LogP contribution in [-0.4, -0.2) is 16.0 Å². The lowest BCUT2D eigenvalue weighted by Crippen LogP contribution is -2.32. The Labute approximate surface area is 250 Å². The second-order valence-electron chi connectivity index (χ2n) is 9.23. The van der Waals surface area contributed by atoms with Crippen LogP contribution < -0.4 is 10.6 Å². The predicted octanol–water partition coefficient (Wildman–Crippen LogP) is 9.36. The van der Waals surface area contributed by atoms with Gasteiger partial charge in [0.25, 0.3) is 0 Å². The fraction of sp³-hybridized carbons (Fsp3) is 0.100. The molecule has 0 atom stereocenters. The van der Waals surface area contributed by atoms with Gasteiger partial charge in [0.15, 0.2) is 10.7 Å². The summed E-state index contributed by atoms with van der Waals surface area (Å²) in [5.41, 5.74) is 4.52. The van der Waals surface area contributed by atoms with Gasteiger partial charge in [0.2, 0.25) is 11.8 Å². The van der Waals surface area contributed by atoms with Crippen LogP contribution in [-0.2, 0) is 4.79 Å². The molecule has 1 amide bonds. The lowest BCUT2D eigenvalue weighted by molar-refractivity contribution is -0.115. The third-order valence-electron chi connectivity index (χ3n) is 5.94. The zero-order chi connectivity index (χ0) is 28.4. The number of oxazole rings is 1. The summed E-state index contributed by atoms with van der Waals surface area (Å²) in [6.45, 7) is 4.25. The normalized spacial score (nSPS) is 11.4. The molecule has 202 valence electrons. The standard InChI is InChI=1S/C30H22Cl3N3O3S/c1-16(2)17-3-8-27-25(13-17)35-29(39-27)23-15-21(4-7-24(23)33)34-30(40)36-28(37)10-6-22-5-9-26(38-22)18-11-19(31)14-20(32)12-18/h3-16H,1-2H3,(H2,34,36,37,40)/b10-6+. The van der Waals surface area contributed by atoms with E-state index in [0.717, 1.165) is 11.1 Å². The van der Waals surface area contributed by atoms with Gasteiger partial charge in [-0.05, 0) is 90.4 Å². The number of fused-ring (bicyclic) bond motifs is 1. The molecule has 10 heteroatoms. The highest BCUT2D eigenvalue weighted by Gasteiger charge is 2.14. The van der Waals surface area contributed by atoms with Gasteiger partial charge in [0, 0.05) is 27.4 Å². The summed E-state index contributed by atoms with van der Waals surface area (Å²) in [6.07, 6.45) is 2.85.